The number of nitrogens with zero attached hydrogens (tertiary/aromatic N) is 3. The molecule has 7 heteroatoms. The number of aromatic nitrogens is 2. The summed E-state index contributed by atoms with van der Waals surface area (Å²) in [4.78, 5) is 16.1. The van der Waals surface area contributed by atoms with Crippen LogP contribution in [-0.4, -0.2) is 70.3 Å². The summed E-state index contributed by atoms with van der Waals surface area (Å²) in [5.74, 6) is -0.125. The minimum atomic E-state index is -0.125. The predicted octanol–water partition coefficient (Wildman–Crippen LogP) is -0.950. The second-order valence-electron chi connectivity index (χ2n) is 4.47. The molecule has 1 aliphatic rings. The van der Waals surface area contributed by atoms with E-state index < -0.39 is 0 Å². The zero-order valence-electron chi connectivity index (χ0n) is 10.5. The van der Waals surface area contributed by atoms with E-state index in [0.29, 0.717) is 31.0 Å². The first-order valence-electron chi connectivity index (χ1n) is 6.06. The molecule has 0 saturated carbocycles. The Hall–Kier alpha value is -1.60. The number of H-pyrrole nitrogens is 1. The first kappa shape index (κ1) is 12.8. The number of hydrogen-bond acceptors (Lipinski definition) is 5. The topological polar surface area (TPSA) is 98.5 Å². The largest absolute Gasteiger partial charge is 0.395 e. The number of aryl methyl sites for hydroxylation is 1. The molecular weight excluding hydrogens is 234 g/mol. The smallest absolute Gasteiger partial charge is 0.276 e. The second-order valence-corrected chi connectivity index (χ2v) is 4.47. The minimum absolute atomic E-state index is 0.125. The molecule has 1 saturated heterocycles. The third-order valence-corrected chi connectivity index (χ3v) is 3.27. The molecule has 100 valence electrons. The fourth-order valence-electron chi connectivity index (χ4n) is 2.07. The van der Waals surface area contributed by atoms with Gasteiger partial charge in [-0.05, 0) is 6.92 Å². The van der Waals surface area contributed by atoms with Gasteiger partial charge in [0.15, 0.2) is 5.69 Å². The molecule has 1 aromatic rings. The molecule has 7 nitrogen and oxygen atoms in total. The first-order chi connectivity index (χ1) is 8.63. The van der Waals surface area contributed by atoms with Crippen molar-refractivity contribution < 1.29 is 9.90 Å². The lowest BCUT2D eigenvalue weighted by atomic mass is 10.2. The van der Waals surface area contributed by atoms with Gasteiger partial charge in [0.05, 0.1) is 18.0 Å². The summed E-state index contributed by atoms with van der Waals surface area (Å²) in [7, 11) is 0. The Morgan fingerprint density at radius 1 is 1.44 bits per heavy atom. The third kappa shape index (κ3) is 2.46. The lowest BCUT2D eigenvalue weighted by Crippen LogP contribution is -2.49. The molecule has 1 aromatic heterocycles. The van der Waals surface area contributed by atoms with Crippen LogP contribution in [0.15, 0.2) is 0 Å². The maximum absolute atomic E-state index is 12.2. The molecule has 0 aromatic carbocycles. The van der Waals surface area contributed by atoms with Crippen LogP contribution in [0.4, 0.5) is 5.69 Å². The minimum Gasteiger partial charge on any atom is -0.395 e. The Morgan fingerprint density at radius 3 is 2.61 bits per heavy atom. The van der Waals surface area contributed by atoms with E-state index in [4.69, 9.17) is 10.8 Å². The van der Waals surface area contributed by atoms with Crippen molar-refractivity contribution in [2.45, 2.75) is 6.92 Å². The van der Waals surface area contributed by atoms with Crippen LogP contribution in [0.1, 0.15) is 16.2 Å². The molecule has 2 heterocycles. The van der Waals surface area contributed by atoms with Gasteiger partial charge in [0.2, 0.25) is 0 Å². The standard InChI is InChI=1S/C11H19N5O2/c1-8-9(12)10(14-13-8)11(18)16-4-2-15(3-5-16)6-7-17/h17H,2-7,12H2,1H3,(H,13,14). The van der Waals surface area contributed by atoms with E-state index in [1.807, 2.05) is 0 Å². The van der Waals surface area contributed by atoms with Gasteiger partial charge in [-0.25, -0.2) is 0 Å². The summed E-state index contributed by atoms with van der Waals surface area (Å²) in [6.07, 6.45) is 0. The first-order valence-corrected chi connectivity index (χ1v) is 6.06. The average Bonchev–Trinajstić information content (AvgIpc) is 2.71. The van der Waals surface area contributed by atoms with Crippen molar-refractivity contribution in [3.8, 4) is 0 Å². The Balaban J connectivity index is 1.97. The van der Waals surface area contributed by atoms with Crippen LogP contribution in [0, 0.1) is 6.92 Å². The highest BCUT2D eigenvalue weighted by molar-refractivity contribution is 5.97. The van der Waals surface area contributed by atoms with E-state index in [9.17, 15) is 4.79 Å². The van der Waals surface area contributed by atoms with Gasteiger partial charge in [-0.1, -0.05) is 0 Å². The number of aliphatic hydroxyl groups is 1. The maximum atomic E-state index is 12.2. The zero-order chi connectivity index (χ0) is 13.1. The number of piperazine rings is 1. The Bertz CT molecular complexity index is 423. The molecule has 0 unspecified atom stereocenters. The Morgan fingerprint density at radius 2 is 2.11 bits per heavy atom. The highest BCUT2D eigenvalue weighted by Gasteiger charge is 2.25. The van der Waals surface area contributed by atoms with Gasteiger partial charge in [-0.15, -0.1) is 0 Å². The van der Waals surface area contributed by atoms with Crippen LogP contribution in [-0.2, 0) is 0 Å². The van der Waals surface area contributed by atoms with Gasteiger partial charge < -0.3 is 15.7 Å². The van der Waals surface area contributed by atoms with E-state index in [1.165, 1.54) is 0 Å². The number of carbonyl (C=O) groups is 1. The molecule has 0 atom stereocenters. The number of aromatic amines is 1. The molecule has 0 spiro atoms. The molecule has 0 aliphatic carbocycles. The Kier molecular flexibility index (Phi) is 3.83. The molecule has 18 heavy (non-hydrogen) atoms. The van der Waals surface area contributed by atoms with Crippen molar-refractivity contribution in [2.75, 3.05) is 45.1 Å². The average molecular weight is 253 g/mol. The monoisotopic (exact) mass is 253 g/mol. The normalized spacial score (nSPS) is 17.1. The number of nitrogens with one attached hydrogen (secondary N) is 1. The third-order valence-electron chi connectivity index (χ3n) is 3.27. The molecule has 0 bridgehead atoms. The highest BCUT2D eigenvalue weighted by Crippen LogP contribution is 2.15. The van der Waals surface area contributed by atoms with Crippen molar-refractivity contribution >= 4 is 11.6 Å². The van der Waals surface area contributed by atoms with Gasteiger partial charge in [-0.3, -0.25) is 14.8 Å². The van der Waals surface area contributed by atoms with E-state index in [-0.39, 0.29) is 12.5 Å². The fraction of sp³-hybridized carbons (Fsp3) is 0.636. The van der Waals surface area contributed by atoms with Gasteiger partial charge in [0.1, 0.15) is 0 Å². The van der Waals surface area contributed by atoms with Crippen LogP contribution in [0.5, 0.6) is 0 Å². The zero-order valence-corrected chi connectivity index (χ0v) is 10.5. The van der Waals surface area contributed by atoms with E-state index in [0.717, 1.165) is 18.8 Å². The fourth-order valence-corrected chi connectivity index (χ4v) is 2.07. The highest BCUT2D eigenvalue weighted by atomic mass is 16.3. The molecular formula is C11H19N5O2. The number of β-amino-alcohol motifs (C(OH)–C–C–N with tert-alkyl or cyclic N) is 1. The summed E-state index contributed by atoms with van der Waals surface area (Å²) in [5, 5.41) is 15.5. The van der Waals surface area contributed by atoms with E-state index in [2.05, 4.69) is 15.1 Å². The van der Waals surface area contributed by atoms with Crippen molar-refractivity contribution in [2.24, 2.45) is 0 Å². The molecule has 1 fully saturated rings. The summed E-state index contributed by atoms with van der Waals surface area (Å²) >= 11 is 0. The van der Waals surface area contributed by atoms with Crippen molar-refractivity contribution in [1.82, 2.24) is 20.0 Å². The number of hydrogen-bond donors (Lipinski definition) is 3. The van der Waals surface area contributed by atoms with Crippen LogP contribution in [0.25, 0.3) is 0 Å². The lowest BCUT2D eigenvalue weighted by Gasteiger charge is -2.34. The van der Waals surface area contributed by atoms with Gasteiger partial charge in [0.25, 0.3) is 5.91 Å². The van der Waals surface area contributed by atoms with Crippen LogP contribution in [0.3, 0.4) is 0 Å². The quantitative estimate of drug-likeness (QED) is 0.645. The molecule has 1 aliphatic heterocycles. The molecule has 4 N–H and O–H groups in total. The van der Waals surface area contributed by atoms with E-state index >= 15 is 0 Å². The number of carbonyl (C=O) groups excluding carboxylic acids is 1. The summed E-state index contributed by atoms with van der Waals surface area (Å²) < 4.78 is 0. The van der Waals surface area contributed by atoms with Gasteiger partial charge >= 0.3 is 0 Å². The number of nitrogen functional groups attached to an aromatic ring is 1. The van der Waals surface area contributed by atoms with Crippen molar-refractivity contribution in [1.29, 1.82) is 0 Å². The van der Waals surface area contributed by atoms with Crippen LogP contribution in [0.2, 0.25) is 0 Å². The number of rotatable bonds is 3. The lowest BCUT2D eigenvalue weighted by molar-refractivity contribution is 0.0610. The number of anilines is 1. The maximum Gasteiger partial charge on any atom is 0.276 e. The summed E-state index contributed by atoms with van der Waals surface area (Å²) in [6.45, 7) is 5.43. The van der Waals surface area contributed by atoms with Crippen LogP contribution < -0.4 is 5.73 Å². The van der Waals surface area contributed by atoms with Crippen LogP contribution >= 0.6 is 0 Å². The summed E-state index contributed by atoms with van der Waals surface area (Å²) in [6, 6.07) is 0. The molecule has 2 rings (SSSR count). The number of aliphatic hydroxyl groups excluding tert-OH is 1. The van der Waals surface area contributed by atoms with Gasteiger partial charge in [-0.2, -0.15) is 5.10 Å². The molecule has 0 radical (unpaired) electrons. The number of nitrogens with two attached hydrogens (primary N) is 1. The van der Waals surface area contributed by atoms with E-state index in [1.54, 1.807) is 11.8 Å². The summed E-state index contributed by atoms with van der Waals surface area (Å²) in [5.41, 5.74) is 7.26. The van der Waals surface area contributed by atoms with Gasteiger partial charge in [0, 0.05) is 32.7 Å². The number of amides is 1. The SMILES string of the molecule is Cc1[nH]nc(C(=O)N2CCN(CCO)CC2)c1N. The Labute approximate surface area is 106 Å². The van der Waals surface area contributed by atoms with Crippen molar-refractivity contribution in [3.63, 3.8) is 0 Å². The van der Waals surface area contributed by atoms with Crippen molar-refractivity contribution in [3.05, 3.63) is 11.4 Å². The predicted molar refractivity (Wildman–Crippen MR) is 67.2 cm³/mol. The molecule has 1 amide bonds. The second kappa shape index (κ2) is 5.36.